The van der Waals surface area contributed by atoms with Gasteiger partial charge in [-0.2, -0.15) is 17.0 Å². The second kappa shape index (κ2) is 7.94. The Morgan fingerprint density at radius 2 is 1.86 bits per heavy atom. The lowest BCUT2D eigenvalue weighted by molar-refractivity contribution is 0.0697. The summed E-state index contributed by atoms with van der Waals surface area (Å²) in [6.45, 7) is 2.23. The second-order valence-corrected chi connectivity index (χ2v) is 9.12. The third-order valence-corrected chi connectivity index (χ3v) is 6.79. The van der Waals surface area contributed by atoms with Crippen molar-refractivity contribution >= 4 is 16.2 Å². The number of benzene rings is 1. The number of nitrogens with zero attached hydrogens (tertiary/aromatic N) is 4. The van der Waals surface area contributed by atoms with Crippen molar-refractivity contribution in [1.82, 2.24) is 18.6 Å². The van der Waals surface area contributed by atoms with Crippen LogP contribution in [0.15, 0.2) is 30.3 Å². The molecule has 1 N–H and O–H groups in total. The van der Waals surface area contributed by atoms with E-state index in [0.29, 0.717) is 30.2 Å². The normalized spacial score (nSPS) is 18.4. The SMILES string of the molecule is Cc1nc(-c2ccc(C(=O)O)cc2)cc(C2CCCCN2S(=O)(=O)N(C)C)n1. The zero-order valence-electron chi connectivity index (χ0n) is 16.2. The van der Waals surface area contributed by atoms with E-state index in [-0.39, 0.29) is 11.6 Å². The van der Waals surface area contributed by atoms with Crippen molar-refractivity contribution in [3.8, 4) is 11.3 Å². The number of aromatic nitrogens is 2. The molecule has 0 spiro atoms. The van der Waals surface area contributed by atoms with Crippen molar-refractivity contribution in [1.29, 1.82) is 0 Å². The Hall–Kier alpha value is -2.36. The number of aryl methyl sites for hydroxylation is 1. The van der Waals surface area contributed by atoms with Gasteiger partial charge in [0.05, 0.1) is 23.0 Å². The Morgan fingerprint density at radius 1 is 1.18 bits per heavy atom. The average molecular weight is 404 g/mol. The highest BCUT2D eigenvalue weighted by atomic mass is 32.2. The van der Waals surface area contributed by atoms with E-state index in [4.69, 9.17) is 5.11 Å². The Balaban J connectivity index is 2.01. The van der Waals surface area contributed by atoms with Gasteiger partial charge in [0.2, 0.25) is 0 Å². The van der Waals surface area contributed by atoms with Crippen LogP contribution in [0.1, 0.15) is 47.2 Å². The first kappa shape index (κ1) is 20.4. The predicted octanol–water partition coefficient (Wildman–Crippen LogP) is 2.48. The van der Waals surface area contributed by atoms with Gasteiger partial charge in [-0.15, -0.1) is 0 Å². The van der Waals surface area contributed by atoms with Crippen LogP contribution in [0.5, 0.6) is 0 Å². The summed E-state index contributed by atoms with van der Waals surface area (Å²) in [6, 6.07) is 7.90. The fourth-order valence-electron chi connectivity index (χ4n) is 3.38. The maximum absolute atomic E-state index is 12.8. The van der Waals surface area contributed by atoms with E-state index in [1.807, 2.05) is 0 Å². The first-order chi connectivity index (χ1) is 13.2. The Morgan fingerprint density at radius 3 is 2.46 bits per heavy atom. The molecule has 1 aromatic carbocycles. The molecule has 9 heteroatoms. The summed E-state index contributed by atoms with van der Waals surface area (Å²) in [5, 5.41) is 9.06. The first-order valence-electron chi connectivity index (χ1n) is 9.09. The molecule has 0 bridgehead atoms. The second-order valence-electron chi connectivity index (χ2n) is 7.02. The number of carboxylic acid groups (broad SMARTS) is 1. The van der Waals surface area contributed by atoms with Crippen LogP contribution in [-0.4, -0.2) is 58.7 Å². The molecule has 1 atom stereocenters. The third-order valence-electron chi connectivity index (χ3n) is 4.84. The number of aromatic carboxylic acids is 1. The molecule has 1 aliphatic heterocycles. The van der Waals surface area contributed by atoms with E-state index in [9.17, 15) is 13.2 Å². The molecule has 1 saturated heterocycles. The van der Waals surface area contributed by atoms with E-state index < -0.39 is 16.2 Å². The quantitative estimate of drug-likeness (QED) is 0.821. The van der Waals surface area contributed by atoms with Crippen molar-refractivity contribution in [2.45, 2.75) is 32.2 Å². The summed E-state index contributed by atoms with van der Waals surface area (Å²) in [5.74, 6) is -0.444. The molecule has 1 fully saturated rings. The van der Waals surface area contributed by atoms with E-state index >= 15 is 0 Å². The highest BCUT2D eigenvalue weighted by Crippen LogP contribution is 2.34. The molecule has 1 unspecified atom stereocenters. The fourth-order valence-corrected chi connectivity index (χ4v) is 4.69. The number of carbonyl (C=O) groups is 1. The van der Waals surface area contributed by atoms with Gasteiger partial charge >= 0.3 is 5.97 Å². The van der Waals surface area contributed by atoms with E-state index in [1.165, 1.54) is 34.8 Å². The highest BCUT2D eigenvalue weighted by Gasteiger charge is 2.35. The maximum atomic E-state index is 12.8. The minimum atomic E-state index is -3.56. The molecule has 0 amide bonds. The molecule has 150 valence electrons. The summed E-state index contributed by atoms with van der Waals surface area (Å²) in [5.41, 5.74) is 2.27. The molecule has 28 heavy (non-hydrogen) atoms. The Bertz CT molecular complexity index is 974. The Labute approximate surface area is 165 Å². The van der Waals surface area contributed by atoms with Gasteiger partial charge in [-0.25, -0.2) is 14.8 Å². The lowest BCUT2D eigenvalue weighted by Gasteiger charge is -2.36. The number of piperidine rings is 1. The van der Waals surface area contributed by atoms with Crippen LogP contribution in [0.25, 0.3) is 11.3 Å². The zero-order chi connectivity index (χ0) is 20.5. The molecular weight excluding hydrogens is 380 g/mol. The summed E-state index contributed by atoms with van der Waals surface area (Å²) >= 11 is 0. The van der Waals surface area contributed by atoms with Gasteiger partial charge in [0, 0.05) is 26.2 Å². The topological polar surface area (TPSA) is 104 Å². The van der Waals surface area contributed by atoms with Crippen LogP contribution >= 0.6 is 0 Å². The summed E-state index contributed by atoms with van der Waals surface area (Å²) in [4.78, 5) is 20.0. The summed E-state index contributed by atoms with van der Waals surface area (Å²) in [6.07, 6.45) is 2.44. The Kier molecular flexibility index (Phi) is 5.78. The number of hydrogen-bond donors (Lipinski definition) is 1. The van der Waals surface area contributed by atoms with Crippen LogP contribution in [0.4, 0.5) is 0 Å². The highest BCUT2D eigenvalue weighted by molar-refractivity contribution is 7.86. The van der Waals surface area contributed by atoms with Crippen molar-refractivity contribution in [3.05, 3.63) is 47.4 Å². The van der Waals surface area contributed by atoms with Gasteiger partial charge < -0.3 is 5.11 Å². The van der Waals surface area contributed by atoms with Crippen LogP contribution < -0.4 is 0 Å². The van der Waals surface area contributed by atoms with Crippen molar-refractivity contribution in [2.24, 2.45) is 0 Å². The smallest absolute Gasteiger partial charge is 0.335 e. The average Bonchev–Trinajstić information content (AvgIpc) is 2.67. The molecular formula is C19H24N4O4S. The molecule has 1 aromatic heterocycles. The van der Waals surface area contributed by atoms with Crippen LogP contribution in [0.2, 0.25) is 0 Å². The number of rotatable bonds is 5. The molecule has 2 heterocycles. The molecule has 8 nitrogen and oxygen atoms in total. The molecule has 0 aliphatic carbocycles. The minimum absolute atomic E-state index is 0.199. The van der Waals surface area contributed by atoms with E-state index in [2.05, 4.69) is 9.97 Å². The van der Waals surface area contributed by atoms with Crippen molar-refractivity contribution < 1.29 is 18.3 Å². The van der Waals surface area contributed by atoms with Crippen molar-refractivity contribution in [3.63, 3.8) is 0 Å². The zero-order valence-corrected chi connectivity index (χ0v) is 17.0. The van der Waals surface area contributed by atoms with Crippen LogP contribution in [-0.2, 0) is 10.2 Å². The first-order valence-corrected chi connectivity index (χ1v) is 10.5. The standard InChI is InChI=1S/C19H24N4O4S/c1-13-20-16(14-7-9-15(10-8-14)19(24)25)12-17(21-13)18-6-4-5-11-23(18)28(26,27)22(2)3/h7-10,12,18H,4-6,11H2,1-3H3,(H,24,25). The molecule has 3 rings (SSSR count). The monoisotopic (exact) mass is 404 g/mol. The lowest BCUT2D eigenvalue weighted by Crippen LogP contribution is -2.44. The molecule has 0 saturated carbocycles. The van der Waals surface area contributed by atoms with E-state index in [0.717, 1.165) is 18.4 Å². The summed E-state index contributed by atoms with van der Waals surface area (Å²) < 4.78 is 28.3. The van der Waals surface area contributed by atoms with Gasteiger partial charge in [-0.1, -0.05) is 18.6 Å². The van der Waals surface area contributed by atoms with Gasteiger partial charge in [-0.3, -0.25) is 0 Å². The van der Waals surface area contributed by atoms with Gasteiger partial charge in [0.1, 0.15) is 5.82 Å². The molecule has 1 aliphatic rings. The molecule has 2 aromatic rings. The van der Waals surface area contributed by atoms with Gasteiger partial charge in [0.15, 0.2) is 0 Å². The maximum Gasteiger partial charge on any atom is 0.335 e. The van der Waals surface area contributed by atoms with E-state index in [1.54, 1.807) is 25.1 Å². The largest absolute Gasteiger partial charge is 0.478 e. The van der Waals surface area contributed by atoms with Crippen LogP contribution in [0, 0.1) is 6.92 Å². The number of hydrogen-bond acceptors (Lipinski definition) is 5. The summed E-state index contributed by atoms with van der Waals surface area (Å²) in [7, 11) is -0.503. The van der Waals surface area contributed by atoms with Crippen LogP contribution in [0.3, 0.4) is 0 Å². The predicted molar refractivity (Wildman–Crippen MR) is 105 cm³/mol. The third kappa shape index (κ3) is 4.06. The number of carboxylic acids is 1. The molecule has 0 radical (unpaired) electrons. The minimum Gasteiger partial charge on any atom is -0.478 e. The van der Waals surface area contributed by atoms with Gasteiger partial charge in [0.25, 0.3) is 10.2 Å². The van der Waals surface area contributed by atoms with Gasteiger partial charge in [-0.05, 0) is 38.0 Å². The van der Waals surface area contributed by atoms with Crippen molar-refractivity contribution in [2.75, 3.05) is 20.6 Å². The lowest BCUT2D eigenvalue weighted by atomic mass is 10.00. The fraction of sp³-hybridized carbons (Fsp3) is 0.421.